The van der Waals surface area contributed by atoms with Crippen LogP contribution < -0.4 is 0 Å². The molecule has 0 aromatic heterocycles. The minimum absolute atomic E-state index is 0.0653. The van der Waals surface area contributed by atoms with Crippen LogP contribution >= 0.6 is 0 Å². The normalized spacial score (nSPS) is 23.9. The molecule has 35 heavy (non-hydrogen) atoms. The van der Waals surface area contributed by atoms with E-state index in [1.54, 1.807) is 72.8 Å². The number of ketones is 2. The Labute approximate surface area is 204 Å². The molecule has 2 aromatic carbocycles. The van der Waals surface area contributed by atoms with Crippen LogP contribution in [0.5, 0.6) is 0 Å². The maximum atomic E-state index is 13.1. The number of methoxy groups -OCH3 is 2. The summed E-state index contributed by atoms with van der Waals surface area (Å²) in [7, 11) is 3.03. The topological polar surface area (TPSA) is 93.1 Å². The van der Waals surface area contributed by atoms with Gasteiger partial charge in [-0.05, 0) is 35.5 Å². The second kappa shape index (κ2) is 9.86. The van der Waals surface area contributed by atoms with Crippen molar-refractivity contribution in [3.63, 3.8) is 0 Å². The lowest BCUT2D eigenvalue weighted by Crippen LogP contribution is -2.39. The summed E-state index contributed by atoms with van der Waals surface area (Å²) in [5.74, 6) is 0.182. The largest absolute Gasteiger partial charge is 0.497 e. The van der Waals surface area contributed by atoms with E-state index in [9.17, 15) is 19.8 Å². The molecule has 6 nitrogen and oxygen atoms in total. The zero-order chi connectivity index (χ0) is 25.1. The summed E-state index contributed by atoms with van der Waals surface area (Å²) >= 11 is 0. The molecule has 0 aliphatic heterocycles. The number of benzene rings is 2. The lowest BCUT2D eigenvalue weighted by molar-refractivity contribution is 0.0517. The number of carbonyl (C=O) groups is 2. The quantitative estimate of drug-likeness (QED) is 0.556. The van der Waals surface area contributed by atoms with Crippen LogP contribution in [0.4, 0.5) is 0 Å². The van der Waals surface area contributed by atoms with Gasteiger partial charge < -0.3 is 19.7 Å². The molecule has 2 aliphatic rings. The summed E-state index contributed by atoms with van der Waals surface area (Å²) in [5.41, 5.74) is -1.59. The molecule has 2 atom stereocenters. The molecular formula is C29H28O6. The predicted octanol–water partition coefficient (Wildman–Crippen LogP) is 4.33. The van der Waals surface area contributed by atoms with Crippen molar-refractivity contribution in [3.05, 3.63) is 119 Å². The summed E-state index contributed by atoms with van der Waals surface area (Å²) in [4.78, 5) is 26.2. The Morgan fingerprint density at radius 2 is 1.09 bits per heavy atom. The second-order valence-electron chi connectivity index (χ2n) is 8.71. The van der Waals surface area contributed by atoms with Gasteiger partial charge in [0.15, 0.2) is 11.6 Å². The average Bonchev–Trinajstić information content (AvgIpc) is 2.89. The second-order valence-corrected chi connectivity index (χ2v) is 8.71. The van der Waals surface area contributed by atoms with Crippen molar-refractivity contribution in [2.75, 3.05) is 14.2 Å². The molecule has 2 aliphatic carbocycles. The summed E-state index contributed by atoms with van der Waals surface area (Å²) in [6.07, 6.45) is 6.66. The van der Waals surface area contributed by atoms with Crippen LogP contribution in [-0.4, -0.2) is 47.2 Å². The van der Waals surface area contributed by atoms with Gasteiger partial charge in [-0.1, -0.05) is 60.7 Å². The molecule has 6 heteroatoms. The van der Waals surface area contributed by atoms with Gasteiger partial charge in [-0.25, -0.2) is 0 Å². The van der Waals surface area contributed by atoms with Gasteiger partial charge in [0.2, 0.25) is 0 Å². The van der Waals surface area contributed by atoms with Crippen LogP contribution in [0.15, 0.2) is 108 Å². The first-order valence-corrected chi connectivity index (χ1v) is 11.4. The summed E-state index contributed by atoms with van der Waals surface area (Å²) in [5, 5.41) is 22.5. The van der Waals surface area contributed by atoms with Crippen LogP contribution in [0.1, 0.15) is 40.0 Å². The van der Waals surface area contributed by atoms with Gasteiger partial charge >= 0.3 is 0 Å². The van der Waals surface area contributed by atoms with E-state index in [0.29, 0.717) is 33.8 Å². The Hall–Kier alpha value is -3.74. The number of aliphatic hydroxyl groups is 2. The zero-order valence-corrected chi connectivity index (χ0v) is 19.7. The fourth-order valence-electron chi connectivity index (χ4n) is 4.50. The third-order valence-corrected chi connectivity index (χ3v) is 6.34. The Morgan fingerprint density at radius 3 is 1.43 bits per heavy atom. The number of allylic oxidation sites excluding steroid dienone is 2. The maximum absolute atomic E-state index is 13.1. The highest BCUT2D eigenvalue weighted by Gasteiger charge is 2.40. The fraction of sp³-hybridized carbons (Fsp3) is 0.241. The monoisotopic (exact) mass is 472 g/mol. The number of hydrogen-bond donors (Lipinski definition) is 2. The van der Waals surface area contributed by atoms with E-state index in [-0.39, 0.29) is 19.3 Å². The Kier molecular flexibility index (Phi) is 6.87. The van der Waals surface area contributed by atoms with Gasteiger partial charge in [-0.3, -0.25) is 9.59 Å². The zero-order valence-electron chi connectivity index (χ0n) is 19.7. The standard InChI is InChI=1S/C29H28O6/c1-34-24-13-15-28(32,26(30)20-9-5-3-6-10-20)18-22(24)17-23-19-29(33,16-14-25(23)35-2)27(31)21-11-7-4-8-12-21/h3-14,18-19,32-33H,15-17H2,1-2H3. The number of carbonyl (C=O) groups excluding carboxylic acids is 2. The molecular weight excluding hydrogens is 444 g/mol. The molecule has 0 saturated carbocycles. The van der Waals surface area contributed by atoms with Crippen LogP contribution in [-0.2, 0) is 9.47 Å². The van der Waals surface area contributed by atoms with Crippen molar-refractivity contribution in [1.29, 1.82) is 0 Å². The Morgan fingerprint density at radius 1 is 0.714 bits per heavy atom. The van der Waals surface area contributed by atoms with E-state index in [1.165, 1.54) is 26.4 Å². The molecule has 0 radical (unpaired) electrons. The molecule has 0 amide bonds. The molecule has 0 heterocycles. The van der Waals surface area contributed by atoms with Crippen LogP contribution in [0.3, 0.4) is 0 Å². The van der Waals surface area contributed by atoms with Gasteiger partial charge in [0, 0.05) is 30.4 Å². The smallest absolute Gasteiger partial charge is 0.198 e. The first-order chi connectivity index (χ1) is 16.8. The van der Waals surface area contributed by atoms with Crippen molar-refractivity contribution in [3.8, 4) is 0 Å². The lowest BCUT2D eigenvalue weighted by atomic mass is 9.79. The maximum Gasteiger partial charge on any atom is 0.198 e. The molecule has 4 rings (SSSR count). The van der Waals surface area contributed by atoms with Crippen molar-refractivity contribution in [1.82, 2.24) is 0 Å². The van der Waals surface area contributed by atoms with E-state index in [4.69, 9.17) is 9.47 Å². The van der Waals surface area contributed by atoms with Gasteiger partial charge in [-0.15, -0.1) is 0 Å². The van der Waals surface area contributed by atoms with E-state index >= 15 is 0 Å². The van der Waals surface area contributed by atoms with Crippen molar-refractivity contribution in [2.24, 2.45) is 0 Å². The van der Waals surface area contributed by atoms with Crippen LogP contribution in [0.25, 0.3) is 0 Å². The molecule has 2 aromatic rings. The SMILES string of the molecule is COC1=CCC(O)(C(=O)c2ccccc2)C=C1CC1=CC(O)(C(=O)c2ccccc2)CC=C1OC. The molecule has 180 valence electrons. The molecule has 0 fully saturated rings. The van der Waals surface area contributed by atoms with Crippen molar-refractivity contribution in [2.45, 2.75) is 30.5 Å². The molecule has 0 spiro atoms. The summed E-state index contributed by atoms with van der Waals surface area (Å²) in [6, 6.07) is 17.2. The van der Waals surface area contributed by atoms with Gasteiger partial charge in [0.05, 0.1) is 14.2 Å². The number of ether oxygens (including phenoxy) is 2. The van der Waals surface area contributed by atoms with E-state index in [1.807, 2.05) is 0 Å². The number of hydrogen-bond acceptors (Lipinski definition) is 6. The third kappa shape index (κ3) is 4.90. The highest BCUT2D eigenvalue weighted by molar-refractivity contribution is 6.05. The molecule has 0 bridgehead atoms. The summed E-state index contributed by atoms with van der Waals surface area (Å²) < 4.78 is 11.0. The first kappa shape index (κ1) is 24.4. The highest BCUT2D eigenvalue weighted by Crippen LogP contribution is 2.37. The van der Waals surface area contributed by atoms with Gasteiger partial charge in [0.1, 0.15) is 22.7 Å². The first-order valence-electron chi connectivity index (χ1n) is 11.4. The Balaban J connectivity index is 1.69. The van der Waals surface area contributed by atoms with Gasteiger partial charge in [0.25, 0.3) is 0 Å². The van der Waals surface area contributed by atoms with E-state index in [0.717, 1.165) is 0 Å². The molecule has 2 N–H and O–H groups in total. The minimum Gasteiger partial charge on any atom is -0.497 e. The number of Topliss-reactive ketones (excluding diaryl/α,β-unsaturated/α-hetero) is 2. The van der Waals surface area contributed by atoms with E-state index < -0.39 is 22.8 Å². The van der Waals surface area contributed by atoms with Crippen LogP contribution in [0, 0.1) is 0 Å². The lowest BCUT2D eigenvalue weighted by Gasteiger charge is -2.31. The van der Waals surface area contributed by atoms with Crippen molar-refractivity contribution >= 4 is 11.6 Å². The minimum atomic E-state index is -1.75. The third-order valence-electron chi connectivity index (χ3n) is 6.34. The molecule has 0 saturated heterocycles. The highest BCUT2D eigenvalue weighted by atomic mass is 16.5. The van der Waals surface area contributed by atoms with E-state index in [2.05, 4.69) is 0 Å². The number of rotatable bonds is 8. The molecule has 2 unspecified atom stereocenters. The fourth-order valence-corrected chi connectivity index (χ4v) is 4.50. The van der Waals surface area contributed by atoms with Crippen molar-refractivity contribution < 1.29 is 29.3 Å². The summed E-state index contributed by atoms with van der Waals surface area (Å²) in [6.45, 7) is 0. The predicted molar refractivity (Wildman–Crippen MR) is 132 cm³/mol. The average molecular weight is 473 g/mol. The Bertz CT molecular complexity index is 1140. The van der Waals surface area contributed by atoms with Gasteiger partial charge in [-0.2, -0.15) is 0 Å². The van der Waals surface area contributed by atoms with Crippen LogP contribution in [0.2, 0.25) is 0 Å².